The maximum atomic E-state index is 12.3. The predicted molar refractivity (Wildman–Crippen MR) is 73.8 cm³/mol. The second kappa shape index (κ2) is 5.09. The molecule has 4 heteroatoms. The summed E-state index contributed by atoms with van der Waals surface area (Å²) in [6.07, 6.45) is 0. The van der Waals surface area contributed by atoms with E-state index in [2.05, 4.69) is 6.58 Å². The van der Waals surface area contributed by atoms with Crippen molar-refractivity contribution >= 4 is 14.7 Å². The van der Waals surface area contributed by atoms with Gasteiger partial charge in [0.2, 0.25) is 9.84 Å². The molecule has 19 heavy (non-hydrogen) atoms. The first-order valence-electron chi connectivity index (χ1n) is 5.55. The van der Waals surface area contributed by atoms with E-state index in [0.717, 1.165) is 0 Å². The van der Waals surface area contributed by atoms with Crippen LogP contribution in [0, 0.1) is 11.3 Å². The van der Waals surface area contributed by atoms with Gasteiger partial charge in [0.1, 0.15) is 0 Å². The maximum Gasteiger partial charge on any atom is 0.206 e. The van der Waals surface area contributed by atoms with Crippen molar-refractivity contribution in [3.8, 4) is 6.07 Å². The molecule has 94 valence electrons. The molecule has 0 spiro atoms. The summed E-state index contributed by atoms with van der Waals surface area (Å²) in [5, 5.41) is 8.71. The molecule has 0 aromatic heterocycles. The second-order valence-corrected chi connectivity index (χ2v) is 5.90. The summed E-state index contributed by atoms with van der Waals surface area (Å²) in [5.41, 5.74) is 0.969. The summed E-state index contributed by atoms with van der Waals surface area (Å²) in [5.74, 6) is 0. The van der Waals surface area contributed by atoms with Crippen LogP contribution in [0.3, 0.4) is 0 Å². The normalized spacial score (nSPS) is 10.7. The Morgan fingerprint density at radius 1 is 1.00 bits per heavy atom. The van der Waals surface area contributed by atoms with Gasteiger partial charge in [-0.1, -0.05) is 36.9 Å². The lowest BCUT2D eigenvalue weighted by molar-refractivity contribution is 0.606. The molecule has 3 nitrogen and oxygen atoms in total. The van der Waals surface area contributed by atoms with Crippen molar-refractivity contribution in [3.05, 3.63) is 72.3 Å². The monoisotopic (exact) mass is 269 g/mol. The van der Waals surface area contributed by atoms with Gasteiger partial charge >= 0.3 is 0 Å². The van der Waals surface area contributed by atoms with Crippen molar-refractivity contribution in [1.29, 1.82) is 5.26 Å². The van der Waals surface area contributed by atoms with Crippen LogP contribution in [-0.2, 0) is 9.84 Å². The molecule has 0 N–H and O–H groups in total. The molecule has 0 unspecified atom stereocenters. The number of rotatable bonds is 3. The average Bonchev–Trinajstić information content (AvgIpc) is 2.47. The summed E-state index contributed by atoms with van der Waals surface area (Å²) < 4.78 is 24.6. The zero-order valence-electron chi connectivity index (χ0n) is 10.1. The largest absolute Gasteiger partial charge is 0.219 e. The van der Waals surface area contributed by atoms with E-state index < -0.39 is 9.84 Å². The first-order valence-corrected chi connectivity index (χ1v) is 7.03. The molecule has 0 saturated heterocycles. The third-order valence-corrected chi connectivity index (χ3v) is 4.49. The van der Waals surface area contributed by atoms with Gasteiger partial charge in [-0.15, -0.1) is 0 Å². The summed E-state index contributed by atoms with van der Waals surface area (Å²) in [6.45, 7) is 3.66. The molecule has 0 saturated carbocycles. The lowest BCUT2D eigenvalue weighted by atomic mass is 10.1. The predicted octanol–water partition coefficient (Wildman–Crippen LogP) is 3.00. The molecule has 0 aliphatic carbocycles. The number of hydrogen-bond donors (Lipinski definition) is 0. The van der Waals surface area contributed by atoms with Gasteiger partial charge in [0.25, 0.3) is 0 Å². The Bertz CT molecular complexity index is 739. The van der Waals surface area contributed by atoms with Gasteiger partial charge in [-0.25, -0.2) is 8.42 Å². The first kappa shape index (κ1) is 13.1. The molecule has 2 rings (SSSR count). The second-order valence-electron chi connectivity index (χ2n) is 3.93. The minimum atomic E-state index is -3.59. The third-order valence-electron chi connectivity index (χ3n) is 2.71. The molecule has 0 aliphatic heterocycles. The van der Waals surface area contributed by atoms with E-state index in [1.54, 1.807) is 42.5 Å². The van der Waals surface area contributed by atoms with E-state index in [9.17, 15) is 8.42 Å². The number of nitriles is 1. The van der Waals surface area contributed by atoms with Gasteiger partial charge < -0.3 is 0 Å². The van der Waals surface area contributed by atoms with E-state index >= 15 is 0 Å². The SMILES string of the molecule is C=C(c1ccc(C#N)cc1)S(=O)(=O)c1ccccc1. The Balaban J connectivity index is 2.41. The van der Waals surface area contributed by atoms with Gasteiger partial charge in [-0.2, -0.15) is 5.26 Å². The molecular weight excluding hydrogens is 258 g/mol. The quantitative estimate of drug-likeness (QED) is 0.860. The van der Waals surface area contributed by atoms with Crippen LogP contribution in [0.4, 0.5) is 0 Å². The molecule has 0 fully saturated rings. The zero-order chi connectivity index (χ0) is 13.9. The minimum Gasteiger partial charge on any atom is -0.219 e. The van der Waals surface area contributed by atoms with E-state index in [-0.39, 0.29) is 9.80 Å². The Morgan fingerprint density at radius 3 is 2.11 bits per heavy atom. The highest BCUT2D eigenvalue weighted by atomic mass is 32.2. The van der Waals surface area contributed by atoms with Crippen molar-refractivity contribution in [2.24, 2.45) is 0 Å². The van der Waals surface area contributed by atoms with Crippen molar-refractivity contribution in [3.63, 3.8) is 0 Å². The van der Waals surface area contributed by atoms with E-state index in [1.165, 1.54) is 12.1 Å². The Hall–Kier alpha value is -2.38. The highest BCUT2D eigenvalue weighted by molar-refractivity contribution is 8.00. The van der Waals surface area contributed by atoms with Crippen LogP contribution in [0.5, 0.6) is 0 Å². The smallest absolute Gasteiger partial charge is 0.206 e. The summed E-state index contributed by atoms with van der Waals surface area (Å²) >= 11 is 0. The lowest BCUT2D eigenvalue weighted by Crippen LogP contribution is -2.03. The maximum absolute atomic E-state index is 12.3. The van der Waals surface area contributed by atoms with Crippen LogP contribution in [-0.4, -0.2) is 8.42 Å². The zero-order valence-corrected chi connectivity index (χ0v) is 10.9. The molecule has 0 bridgehead atoms. The molecule has 0 amide bonds. The molecule has 0 radical (unpaired) electrons. The Kier molecular flexibility index (Phi) is 3.50. The van der Waals surface area contributed by atoms with E-state index in [0.29, 0.717) is 11.1 Å². The van der Waals surface area contributed by atoms with Gasteiger partial charge in [0.05, 0.1) is 21.4 Å². The molecule has 0 heterocycles. The van der Waals surface area contributed by atoms with E-state index in [4.69, 9.17) is 5.26 Å². The Morgan fingerprint density at radius 2 is 1.58 bits per heavy atom. The first-order chi connectivity index (χ1) is 9.05. The van der Waals surface area contributed by atoms with Crippen molar-refractivity contribution in [2.45, 2.75) is 4.90 Å². The van der Waals surface area contributed by atoms with Gasteiger partial charge in [0.15, 0.2) is 0 Å². The van der Waals surface area contributed by atoms with Crippen molar-refractivity contribution in [2.75, 3.05) is 0 Å². The molecule has 2 aromatic carbocycles. The summed E-state index contributed by atoms with van der Waals surface area (Å²) in [4.78, 5) is 0.243. The van der Waals surface area contributed by atoms with Crippen LogP contribution >= 0.6 is 0 Å². The summed E-state index contributed by atoms with van der Waals surface area (Å²) in [7, 11) is -3.59. The van der Waals surface area contributed by atoms with Gasteiger partial charge in [0, 0.05) is 0 Å². The van der Waals surface area contributed by atoms with Crippen LogP contribution in [0.15, 0.2) is 66.1 Å². The standard InChI is InChI=1S/C15H11NO2S/c1-12(14-9-7-13(11-16)8-10-14)19(17,18)15-5-3-2-4-6-15/h2-10H,1H2. The Labute approximate surface area is 112 Å². The number of hydrogen-bond acceptors (Lipinski definition) is 3. The highest BCUT2D eigenvalue weighted by Crippen LogP contribution is 2.26. The van der Waals surface area contributed by atoms with Crippen LogP contribution in [0.25, 0.3) is 4.91 Å². The van der Waals surface area contributed by atoms with E-state index in [1.807, 2.05) is 6.07 Å². The number of sulfone groups is 1. The average molecular weight is 269 g/mol. The molecular formula is C15H11NO2S. The lowest BCUT2D eigenvalue weighted by Gasteiger charge is -2.07. The minimum absolute atomic E-state index is 0.0307. The van der Waals surface area contributed by atoms with Gasteiger partial charge in [-0.05, 0) is 29.8 Å². The summed E-state index contributed by atoms with van der Waals surface area (Å²) in [6, 6.07) is 16.4. The van der Waals surface area contributed by atoms with Crippen LogP contribution in [0.1, 0.15) is 11.1 Å². The fraction of sp³-hybridized carbons (Fsp3) is 0. The highest BCUT2D eigenvalue weighted by Gasteiger charge is 2.19. The third kappa shape index (κ3) is 2.56. The number of nitrogens with zero attached hydrogens (tertiary/aromatic N) is 1. The molecule has 0 atom stereocenters. The van der Waals surface area contributed by atoms with Gasteiger partial charge in [-0.3, -0.25) is 0 Å². The van der Waals surface area contributed by atoms with Crippen molar-refractivity contribution < 1.29 is 8.42 Å². The van der Waals surface area contributed by atoms with Crippen LogP contribution < -0.4 is 0 Å². The molecule has 2 aromatic rings. The fourth-order valence-electron chi connectivity index (χ4n) is 1.63. The fourth-order valence-corrected chi connectivity index (χ4v) is 2.87. The van der Waals surface area contributed by atoms with Crippen molar-refractivity contribution in [1.82, 2.24) is 0 Å². The topological polar surface area (TPSA) is 57.9 Å². The molecule has 0 aliphatic rings. The number of benzene rings is 2. The van der Waals surface area contributed by atoms with Crippen LogP contribution in [0.2, 0.25) is 0 Å².